The fourth-order valence-electron chi connectivity index (χ4n) is 4.93. The standard InChI is InChI=1S/C30H42N4O6S/c1-19-26(41-18-32-19)21-13-11-20(12-14-21)16-31-28(39)23-15-22(35)17-34(23)29(40)27(30(2,3)4)33-24(36)9-7-5-6-8-10-25(37)38/h11-14,18,22-23,27,35H,5-10,15-17H2,1-4H3,(H,31,39)(H,33,36)(H,37,38)/t22-,23+,27-/m1/s1. The van der Waals surface area contributed by atoms with Crippen LogP contribution in [0.15, 0.2) is 29.8 Å². The molecule has 224 valence electrons. The van der Waals surface area contributed by atoms with Gasteiger partial charge in [0, 0.05) is 32.4 Å². The van der Waals surface area contributed by atoms with E-state index in [9.17, 15) is 24.3 Å². The maximum absolute atomic E-state index is 13.7. The zero-order valence-electron chi connectivity index (χ0n) is 24.3. The summed E-state index contributed by atoms with van der Waals surface area (Å²) in [5, 5.41) is 24.9. The molecule has 1 aromatic heterocycles. The van der Waals surface area contributed by atoms with Crippen molar-refractivity contribution in [3.63, 3.8) is 0 Å². The van der Waals surface area contributed by atoms with Crippen molar-refractivity contribution in [2.24, 2.45) is 5.41 Å². The third kappa shape index (κ3) is 9.36. The minimum atomic E-state index is -0.870. The molecule has 0 saturated carbocycles. The number of nitrogens with zero attached hydrogens (tertiary/aromatic N) is 2. The summed E-state index contributed by atoms with van der Waals surface area (Å²) in [5.74, 6) is -1.84. The van der Waals surface area contributed by atoms with Gasteiger partial charge in [-0.2, -0.15) is 0 Å². The molecule has 3 rings (SSSR count). The molecule has 1 fully saturated rings. The van der Waals surface area contributed by atoms with Gasteiger partial charge < -0.3 is 25.7 Å². The Morgan fingerprint density at radius 2 is 1.73 bits per heavy atom. The SMILES string of the molecule is Cc1ncsc1-c1ccc(CNC(=O)[C@@H]2C[C@@H](O)CN2C(=O)[C@@H](NC(=O)CCCCCCC(=O)O)C(C)(C)C)cc1. The van der Waals surface area contributed by atoms with Crippen LogP contribution in [-0.4, -0.2) is 68.5 Å². The second-order valence-corrected chi connectivity index (χ2v) is 12.6. The highest BCUT2D eigenvalue weighted by atomic mass is 32.1. The third-order valence-corrected chi connectivity index (χ3v) is 8.23. The van der Waals surface area contributed by atoms with Gasteiger partial charge in [-0.1, -0.05) is 57.9 Å². The minimum Gasteiger partial charge on any atom is -0.481 e. The first kappa shape index (κ1) is 32.2. The predicted octanol–water partition coefficient (Wildman–Crippen LogP) is 3.65. The van der Waals surface area contributed by atoms with Gasteiger partial charge in [-0.05, 0) is 36.3 Å². The van der Waals surface area contributed by atoms with Gasteiger partial charge >= 0.3 is 5.97 Å². The van der Waals surface area contributed by atoms with Crippen LogP contribution in [0.3, 0.4) is 0 Å². The van der Waals surface area contributed by atoms with Crippen LogP contribution in [0, 0.1) is 12.3 Å². The molecule has 3 amide bonds. The number of unbranched alkanes of at least 4 members (excludes halogenated alkanes) is 3. The molecular formula is C30H42N4O6S. The second-order valence-electron chi connectivity index (χ2n) is 11.8. The highest BCUT2D eigenvalue weighted by molar-refractivity contribution is 7.13. The summed E-state index contributed by atoms with van der Waals surface area (Å²) >= 11 is 1.58. The number of benzene rings is 1. The highest BCUT2D eigenvalue weighted by Crippen LogP contribution is 2.28. The first-order chi connectivity index (χ1) is 19.4. The van der Waals surface area contributed by atoms with Crippen molar-refractivity contribution in [1.82, 2.24) is 20.5 Å². The summed E-state index contributed by atoms with van der Waals surface area (Å²) in [6.07, 6.45) is 2.24. The molecule has 4 N–H and O–H groups in total. The summed E-state index contributed by atoms with van der Waals surface area (Å²) in [6.45, 7) is 7.81. The van der Waals surface area contributed by atoms with E-state index in [4.69, 9.17) is 5.11 Å². The van der Waals surface area contributed by atoms with E-state index in [-0.39, 0.29) is 44.2 Å². The van der Waals surface area contributed by atoms with Gasteiger partial charge in [-0.3, -0.25) is 19.2 Å². The Hall–Kier alpha value is -3.31. The van der Waals surface area contributed by atoms with Crippen LogP contribution in [-0.2, 0) is 25.7 Å². The number of carbonyl (C=O) groups excluding carboxylic acids is 3. The van der Waals surface area contributed by atoms with Crippen LogP contribution in [0.1, 0.15) is 77.0 Å². The Labute approximate surface area is 245 Å². The molecule has 0 unspecified atom stereocenters. The first-order valence-electron chi connectivity index (χ1n) is 14.1. The molecule has 0 spiro atoms. The number of aliphatic carboxylic acids is 1. The fraction of sp³-hybridized carbons (Fsp3) is 0.567. The van der Waals surface area contributed by atoms with Gasteiger partial charge in [-0.15, -0.1) is 11.3 Å². The molecule has 10 nitrogen and oxygen atoms in total. The lowest BCUT2D eigenvalue weighted by molar-refractivity contribution is -0.144. The molecule has 2 aromatic rings. The number of carbonyl (C=O) groups is 4. The number of amides is 3. The lowest BCUT2D eigenvalue weighted by atomic mass is 9.85. The minimum absolute atomic E-state index is 0.0197. The average molecular weight is 587 g/mol. The monoisotopic (exact) mass is 586 g/mol. The molecule has 1 saturated heterocycles. The van der Waals surface area contributed by atoms with Crippen molar-refractivity contribution in [3.8, 4) is 10.4 Å². The molecule has 1 aromatic carbocycles. The zero-order chi connectivity index (χ0) is 30.2. The molecule has 0 bridgehead atoms. The molecule has 1 aliphatic heterocycles. The number of rotatable bonds is 13. The number of aliphatic hydroxyl groups excluding tert-OH is 1. The van der Waals surface area contributed by atoms with Crippen LogP contribution >= 0.6 is 11.3 Å². The number of aliphatic hydroxyl groups is 1. The fourth-order valence-corrected chi connectivity index (χ4v) is 5.74. The van der Waals surface area contributed by atoms with Gasteiger partial charge in [0.05, 0.1) is 22.2 Å². The van der Waals surface area contributed by atoms with Gasteiger partial charge in [0.25, 0.3) is 0 Å². The molecule has 0 aliphatic carbocycles. The van der Waals surface area contributed by atoms with Gasteiger partial charge in [0.1, 0.15) is 12.1 Å². The zero-order valence-corrected chi connectivity index (χ0v) is 25.1. The van der Waals surface area contributed by atoms with Crippen molar-refractivity contribution < 1.29 is 29.4 Å². The quantitative estimate of drug-likeness (QED) is 0.262. The number of carboxylic acids is 1. The molecule has 1 aliphatic rings. The van der Waals surface area contributed by atoms with E-state index in [1.807, 2.05) is 57.5 Å². The number of carboxylic acid groups (broad SMARTS) is 1. The number of hydrogen-bond acceptors (Lipinski definition) is 7. The smallest absolute Gasteiger partial charge is 0.303 e. The number of aryl methyl sites for hydroxylation is 1. The van der Waals surface area contributed by atoms with E-state index in [2.05, 4.69) is 15.6 Å². The van der Waals surface area contributed by atoms with E-state index in [0.717, 1.165) is 34.5 Å². The Morgan fingerprint density at radius 1 is 1.07 bits per heavy atom. The summed E-state index contributed by atoms with van der Waals surface area (Å²) in [6, 6.07) is 6.16. The van der Waals surface area contributed by atoms with Gasteiger partial charge in [0.15, 0.2) is 0 Å². The van der Waals surface area contributed by atoms with E-state index in [1.165, 1.54) is 4.90 Å². The lowest BCUT2D eigenvalue weighted by Gasteiger charge is -2.35. The van der Waals surface area contributed by atoms with Crippen LogP contribution in [0.5, 0.6) is 0 Å². The molecule has 0 radical (unpaired) electrons. The molecule has 11 heteroatoms. The maximum atomic E-state index is 13.7. The van der Waals surface area contributed by atoms with Crippen LogP contribution in [0.2, 0.25) is 0 Å². The molecular weight excluding hydrogens is 544 g/mol. The van der Waals surface area contributed by atoms with Crippen LogP contribution in [0.4, 0.5) is 0 Å². The topological polar surface area (TPSA) is 149 Å². The van der Waals surface area contributed by atoms with Crippen molar-refractivity contribution in [1.29, 1.82) is 0 Å². The van der Waals surface area contributed by atoms with Crippen molar-refractivity contribution in [2.45, 2.75) is 97.4 Å². The van der Waals surface area contributed by atoms with Crippen molar-refractivity contribution >= 4 is 35.0 Å². The molecule has 41 heavy (non-hydrogen) atoms. The molecule has 3 atom stereocenters. The Balaban J connectivity index is 1.58. The number of likely N-dealkylation sites (tertiary alicyclic amines) is 1. The maximum Gasteiger partial charge on any atom is 0.303 e. The first-order valence-corrected chi connectivity index (χ1v) is 15.0. The number of nitrogens with one attached hydrogen (secondary N) is 2. The number of aromatic nitrogens is 1. The Kier molecular flexibility index (Phi) is 11.4. The van der Waals surface area contributed by atoms with E-state index < -0.39 is 35.5 Å². The number of β-amino-alcohol motifs (C(OH)–C–C–N with tert-alkyl or cyclic N) is 1. The van der Waals surface area contributed by atoms with Gasteiger partial charge in [0.2, 0.25) is 17.7 Å². The molecule has 2 heterocycles. The predicted molar refractivity (Wildman–Crippen MR) is 157 cm³/mol. The van der Waals surface area contributed by atoms with E-state index in [1.54, 1.807) is 11.3 Å². The van der Waals surface area contributed by atoms with Gasteiger partial charge in [-0.25, -0.2) is 4.98 Å². The largest absolute Gasteiger partial charge is 0.481 e. The Morgan fingerprint density at radius 3 is 2.32 bits per heavy atom. The second kappa shape index (κ2) is 14.5. The summed E-state index contributed by atoms with van der Waals surface area (Å²) < 4.78 is 0. The number of thiazole rings is 1. The normalized spacial score (nSPS) is 17.7. The average Bonchev–Trinajstić information content (AvgIpc) is 3.52. The third-order valence-electron chi connectivity index (χ3n) is 7.26. The summed E-state index contributed by atoms with van der Waals surface area (Å²) in [4.78, 5) is 57.0. The lowest BCUT2D eigenvalue weighted by Crippen LogP contribution is -2.57. The summed E-state index contributed by atoms with van der Waals surface area (Å²) in [7, 11) is 0. The van der Waals surface area contributed by atoms with Crippen molar-refractivity contribution in [3.05, 3.63) is 41.0 Å². The van der Waals surface area contributed by atoms with Crippen LogP contribution in [0.25, 0.3) is 10.4 Å². The highest BCUT2D eigenvalue weighted by Gasteiger charge is 2.44. The van der Waals surface area contributed by atoms with Crippen LogP contribution < -0.4 is 10.6 Å². The summed E-state index contributed by atoms with van der Waals surface area (Å²) in [5.41, 5.74) is 4.12. The van der Waals surface area contributed by atoms with E-state index >= 15 is 0 Å². The Bertz CT molecular complexity index is 1210. The number of hydrogen-bond donors (Lipinski definition) is 4. The van der Waals surface area contributed by atoms with Crippen molar-refractivity contribution in [2.75, 3.05) is 6.54 Å². The van der Waals surface area contributed by atoms with E-state index in [0.29, 0.717) is 12.8 Å².